The topological polar surface area (TPSA) is 95.2 Å². The fraction of sp³-hybridized carbons (Fsp3) is 0.231. The van der Waals surface area contributed by atoms with Crippen LogP contribution in [0.5, 0.6) is 0 Å². The van der Waals surface area contributed by atoms with Gasteiger partial charge in [0.1, 0.15) is 0 Å². The number of rotatable bonds is 5. The SMILES string of the molecule is CNC(=O)c1ccc(S(=O)(=O)N(C)Cc2cn[nH]c2)cc1. The molecule has 1 aromatic heterocycles. The molecule has 112 valence electrons. The Morgan fingerprint density at radius 3 is 2.52 bits per heavy atom. The van der Waals surface area contributed by atoms with Gasteiger partial charge in [0, 0.05) is 38.0 Å². The first-order valence-corrected chi connectivity index (χ1v) is 7.65. The highest BCUT2D eigenvalue weighted by Crippen LogP contribution is 2.17. The summed E-state index contributed by atoms with van der Waals surface area (Å²) in [5.41, 5.74) is 1.18. The summed E-state index contributed by atoms with van der Waals surface area (Å²) in [6.07, 6.45) is 3.21. The van der Waals surface area contributed by atoms with Crippen LogP contribution in [0.25, 0.3) is 0 Å². The number of hydrogen-bond acceptors (Lipinski definition) is 4. The molecular formula is C13H16N4O3S. The minimum absolute atomic E-state index is 0.140. The van der Waals surface area contributed by atoms with Crippen LogP contribution in [0.15, 0.2) is 41.6 Å². The average Bonchev–Trinajstić information content (AvgIpc) is 2.99. The predicted molar refractivity (Wildman–Crippen MR) is 77.1 cm³/mol. The van der Waals surface area contributed by atoms with E-state index >= 15 is 0 Å². The molecule has 1 heterocycles. The normalized spacial score (nSPS) is 11.6. The van der Waals surface area contributed by atoms with Gasteiger partial charge in [-0.05, 0) is 24.3 Å². The zero-order chi connectivity index (χ0) is 15.5. The molecule has 0 unspecified atom stereocenters. The van der Waals surface area contributed by atoms with Gasteiger partial charge in [-0.1, -0.05) is 0 Å². The van der Waals surface area contributed by atoms with Crippen molar-refractivity contribution in [3.05, 3.63) is 47.8 Å². The van der Waals surface area contributed by atoms with Crippen LogP contribution in [0, 0.1) is 0 Å². The molecule has 2 N–H and O–H groups in total. The van der Waals surface area contributed by atoms with Gasteiger partial charge in [0.15, 0.2) is 0 Å². The number of benzene rings is 1. The highest BCUT2D eigenvalue weighted by molar-refractivity contribution is 7.89. The van der Waals surface area contributed by atoms with Gasteiger partial charge < -0.3 is 5.32 Å². The molecule has 0 saturated carbocycles. The van der Waals surface area contributed by atoms with Crippen molar-refractivity contribution in [3.63, 3.8) is 0 Å². The zero-order valence-corrected chi connectivity index (χ0v) is 12.5. The van der Waals surface area contributed by atoms with E-state index in [0.717, 1.165) is 5.56 Å². The summed E-state index contributed by atoms with van der Waals surface area (Å²) in [5, 5.41) is 8.90. The first kappa shape index (κ1) is 15.2. The molecule has 0 saturated heterocycles. The second kappa shape index (κ2) is 6.06. The highest BCUT2D eigenvalue weighted by atomic mass is 32.2. The van der Waals surface area contributed by atoms with E-state index in [1.165, 1.54) is 42.7 Å². The third-order valence-corrected chi connectivity index (χ3v) is 4.83. The summed E-state index contributed by atoms with van der Waals surface area (Å²) in [5.74, 6) is -0.259. The predicted octanol–water partition coefficient (Wildman–Crippen LogP) is 0.590. The molecule has 2 rings (SSSR count). The average molecular weight is 308 g/mol. The number of nitrogens with zero attached hydrogens (tertiary/aromatic N) is 2. The number of carbonyl (C=O) groups excluding carboxylic acids is 1. The van der Waals surface area contributed by atoms with Crippen LogP contribution in [0.4, 0.5) is 0 Å². The first-order chi connectivity index (χ1) is 9.95. The molecule has 2 aromatic rings. The molecule has 0 radical (unpaired) electrons. The van der Waals surface area contributed by atoms with Crippen molar-refractivity contribution in [3.8, 4) is 0 Å². The molecule has 0 fully saturated rings. The Morgan fingerprint density at radius 1 is 1.33 bits per heavy atom. The molecule has 0 aliphatic heterocycles. The van der Waals surface area contributed by atoms with Crippen LogP contribution in [0.2, 0.25) is 0 Å². The minimum atomic E-state index is -3.60. The lowest BCUT2D eigenvalue weighted by molar-refractivity contribution is 0.0963. The van der Waals surface area contributed by atoms with Crippen molar-refractivity contribution in [1.82, 2.24) is 19.8 Å². The fourth-order valence-corrected chi connectivity index (χ4v) is 2.97. The van der Waals surface area contributed by atoms with Crippen LogP contribution in [-0.2, 0) is 16.6 Å². The Hall–Kier alpha value is -2.19. The minimum Gasteiger partial charge on any atom is -0.355 e. The molecule has 0 spiro atoms. The van der Waals surface area contributed by atoms with Gasteiger partial charge in [0.2, 0.25) is 10.0 Å². The maximum absolute atomic E-state index is 12.4. The summed E-state index contributed by atoms with van der Waals surface area (Å²) in [7, 11) is -0.590. The number of sulfonamides is 1. The Bertz CT molecular complexity index is 708. The monoisotopic (exact) mass is 308 g/mol. The maximum atomic E-state index is 12.4. The second-order valence-electron chi connectivity index (χ2n) is 4.47. The van der Waals surface area contributed by atoms with Gasteiger partial charge in [-0.25, -0.2) is 8.42 Å². The lowest BCUT2D eigenvalue weighted by Crippen LogP contribution is -2.26. The highest BCUT2D eigenvalue weighted by Gasteiger charge is 2.21. The maximum Gasteiger partial charge on any atom is 0.251 e. The summed E-state index contributed by atoms with van der Waals surface area (Å²) >= 11 is 0. The van der Waals surface area contributed by atoms with Gasteiger partial charge in [0.25, 0.3) is 5.91 Å². The van der Waals surface area contributed by atoms with Crippen molar-refractivity contribution in [2.75, 3.05) is 14.1 Å². The zero-order valence-electron chi connectivity index (χ0n) is 11.7. The third kappa shape index (κ3) is 3.29. The van der Waals surface area contributed by atoms with Gasteiger partial charge in [-0.15, -0.1) is 0 Å². The number of carbonyl (C=O) groups is 1. The van der Waals surface area contributed by atoms with Crippen LogP contribution in [-0.4, -0.2) is 42.9 Å². The summed E-state index contributed by atoms with van der Waals surface area (Å²) in [4.78, 5) is 11.6. The van der Waals surface area contributed by atoms with Crippen molar-refractivity contribution in [1.29, 1.82) is 0 Å². The van der Waals surface area contributed by atoms with Gasteiger partial charge >= 0.3 is 0 Å². The molecule has 1 aromatic carbocycles. The van der Waals surface area contributed by atoms with E-state index in [1.807, 2.05) is 0 Å². The largest absolute Gasteiger partial charge is 0.355 e. The van der Waals surface area contributed by atoms with E-state index in [-0.39, 0.29) is 17.3 Å². The summed E-state index contributed by atoms with van der Waals surface area (Å²) in [6.45, 7) is 0.218. The Balaban J connectivity index is 2.20. The van der Waals surface area contributed by atoms with E-state index in [0.29, 0.717) is 5.56 Å². The lowest BCUT2D eigenvalue weighted by Gasteiger charge is -2.16. The Kier molecular flexibility index (Phi) is 4.39. The molecule has 0 aliphatic rings. The molecule has 8 heteroatoms. The van der Waals surface area contributed by atoms with E-state index in [4.69, 9.17) is 0 Å². The fourth-order valence-electron chi connectivity index (χ4n) is 1.81. The lowest BCUT2D eigenvalue weighted by atomic mass is 10.2. The molecule has 0 aliphatic carbocycles. The van der Waals surface area contributed by atoms with Crippen molar-refractivity contribution < 1.29 is 13.2 Å². The molecular weight excluding hydrogens is 292 g/mol. The number of H-pyrrole nitrogens is 1. The number of hydrogen-bond donors (Lipinski definition) is 2. The Labute approximate surface area is 123 Å². The number of amides is 1. The van der Waals surface area contributed by atoms with Gasteiger partial charge in [-0.3, -0.25) is 9.89 Å². The van der Waals surface area contributed by atoms with Crippen molar-refractivity contribution in [2.45, 2.75) is 11.4 Å². The molecule has 21 heavy (non-hydrogen) atoms. The summed E-state index contributed by atoms with van der Waals surface area (Å²) < 4.78 is 26.0. The third-order valence-electron chi connectivity index (χ3n) is 3.01. The quantitative estimate of drug-likeness (QED) is 0.845. The number of aromatic nitrogens is 2. The van der Waals surface area contributed by atoms with Crippen LogP contribution in [0.3, 0.4) is 0 Å². The summed E-state index contributed by atoms with van der Waals surface area (Å²) in [6, 6.07) is 5.81. The molecule has 0 bridgehead atoms. The molecule has 7 nitrogen and oxygen atoms in total. The van der Waals surface area contributed by atoms with Crippen molar-refractivity contribution >= 4 is 15.9 Å². The molecule has 1 amide bonds. The smallest absolute Gasteiger partial charge is 0.251 e. The van der Waals surface area contributed by atoms with E-state index in [2.05, 4.69) is 15.5 Å². The van der Waals surface area contributed by atoms with E-state index < -0.39 is 10.0 Å². The Morgan fingerprint density at radius 2 is 2.00 bits per heavy atom. The van der Waals surface area contributed by atoms with Crippen LogP contribution in [0.1, 0.15) is 15.9 Å². The second-order valence-corrected chi connectivity index (χ2v) is 6.52. The standard InChI is InChI=1S/C13H16N4O3S/c1-14-13(18)11-3-5-12(6-4-11)21(19,20)17(2)9-10-7-15-16-8-10/h3-8H,9H2,1-2H3,(H,14,18)(H,15,16). The van der Waals surface area contributed by atoms with E-state index in [9.17, 15) is 13.2 Å². The number of nitrogens with one attached hydrogen (secondary N) is 2. The molecule has 0 atom stereocenters. The van der Waals surface area contributed by atoms with E-state index in [1.54, 1.807) is 12.4 Å². The van der Waals surface area contributed by atoms with Gasteiger partial charge in [-0.2, -0.15) is 9.40 Å². The number of aromatic amines is 1. The first-order valence-electron chi connectivity index (χ1n) is 6.21. The van der Waals surface area contributed by atoms with Crippen molar-refractivity contribution in [2.24, 2.45) is 0 Å². The van der Waals surface area contributed by atoms with Crippen LogP contribution < -0.4 is 5.32 Å². The van der Waals surface area contributed by atoms with Gasteiger partial charge in [0.05, 0.1) is 11.1 Å². The van der Waals surface area contributed by atoms with Crippen LogP contribution >= 0.6 is 0 Å².